The molecule has 0 aromatic carbocycles. The van der Waals surface area contributed by atoms with Gasteiger partial charge in [-0.25, -0.2) is 23.1 Å². The van der Waals surface area contributed by atoms with Gasteiger partial charge < -0.3 is 4.98 Å². The SMILES string of the molecule is O=c1[nH]cc(-c2cc([C@H]3C[C@@H]3C(F)F)c3nc(C(F)(F)F)cn3n2)c(=O)[nH]1. The first-order chi connectivity index (χ1) is 12.6. The van der Waals surface area contributed by atoms with E-state index < -0.39 is 41.4 Å². The van der Waals surface area contributed by atoms with E-state index in [1.54, 1.807) is 0 Å². The molecule has 3 aromatic rings. The number of H-pyrrole nitrogens is 2. The molecule has 1 aliphatic carbocycles. The fraction of sp³-hybridized carbons (Fsp3) is 0.333. The largest absolute Gasteiger partial charge is 0.434 e. The third kappa shape index (κ3) is 3.00. The van der Waals surface area contributed by atoms with Crippen LogP contribution in [0.3, 0.4) is 0 Å². The third-order valence-corrected chi connectivity index (χ3v) is 4.40. The summed E-state index contributed by atoms with van der Waals surface area (Å²) in [6, 6.07) is 1.26. The molecule has 142 valence electrons. The maximum Gasteiger partial charge on any atom is 0.434 e. The Kier molecular flexibility index (Phi) is 3.68. The van der Waals surface area contributed by atoms with Crippen LogP contribution >= 0.6 is 0 Å². The normalized spacial score (nSPS) is 19.8. The molecule has 3 heterocycles. The molecule has 0 saturated heterocycles. The van der Waals surface area contributed by atoms with Gasteiger partial charge in [0.15, 0.2) is 11.3 Å². The van der Waals surface area contributed by atoms with Gasteiger partial charge in [-0.3, -0.25) is 9.78 Å². The minimum absolute atomic E-state index is 0.0685. The molecular formula is C15H10F5N5O2. The Morgan fingerprint density at radius 2 is 2.00 bits per heavy atom. The van der Waals surface area contributed by atoms with E-state index in [1.807, 2.05) is 4.98 Å². The van der Waals surface area contributed by atoms with Crippen molar-refractivity contribution in [2.45, 2.75) is 24.9 Å². The summed E-state index contributed by atoms with van der Waals surface area (Å²) in [7, 11) is 0. The lowest BCUT2D eigenvalue weighted by atomic mass is 10.1. The summed E-state index contributed by atoms with van der Waals surface area (Å²) in [4.78, 5) is 30.8. The van der Waals surface area contributed by atoms with E-state index in [9.17, 15) is 31.5 Å². The molecule has 0 radical (unpaired) electrons. The van der Waals surface area contributed by atoms with Crippen molar-refractivity contribution in [3.63, 3.8) is 0 Å². The third-order valence-electron chi connectivity index (χ3n) is 4.40. The first-order valence-corrected chi connectivity index (χ1v) is 7.73. The number of aromatic amines is 2. The van der Waals surface area contributed by atoms with Crippen LogP contribution in [0.1, 0.15) is 23.6 Å². The smallest absolute Gasteiger partial charge is 0.313 e. The van der Waals surface area contributed by atoms with Gasteiger partial charge in [0.1, 0.15) is 0 Å². The summed E-state index contributed by atoms with van der Waals surface area (Å²) in [5.74, 6) is -1.69. The van der Waals surface area contributed by atoms with Crippen LogP contribution in [0, 0.1) is 5.92 Å². The summed E-state index contributed by atoms with van der Waals surface area (Å²) in [5, 5.41) is 3.94. The number of aromatic nitrogens is 5. The molecule has 2 atom stereocenters. The predicted octanol–water partition coefficient (Wildman–Crippen LogP) is 2.16. The summed E-state index contributed by atoms with van der Waals surface area (Å²) >= 11 is 0. The number of fused-ring (bicyclic) bond motifs is 1. The number of hydrogen-bond acceptors (Lipinski definition) is 4. The molecule has 7 nitrogen and oxygen atoms in total. The number of halogens is 5. The van der Waals surface area contributed by atoms with Crippen LogP contribution in [0.25, 0.3) is 16.9 Å². The summed E-state index contributed by atoms with van der Waals surface area (Å²) in [5.41, 5.74) is -3.04. The van der Waals surface area contributed by atoms with Gasteiger partial charge in [0.2, 0.25) is 6.43 Å². The predicted molar refractivity (Wildman–Crippen MR) is 81.5 cm³/mol. The second-order valence-corrected chi connectivity index (χ2v) is 6.20. The Balaban J connectivity index is 1.94. The van der Waals surface area contributed by atoms with Crippen molar-refractivity contribution in [2.75, 3.05) is 0 Å². The highest BCUT2D eigenvalue weighted by atomic mass is 19.4. The zero-order chi connectivity index (χ0) is 19.5. The van der Waals surface area contributed by atoms with E-state index in [1.165, 1.54) is 6.07 Å². The average Bonchev–Trinajstić information content (AvgIpc) is 3.24. The van der Waals surface area contributed by atoms with E-state index >= 15 is 0 Å². The van der Waals surface area contributed by atoms with Crippen molar-refractivity contribution in [1.29, 1.82) is 0 Å². The van der Waals surface area contributed by atoms with Crippen LogP contribution in [-0.4, -0.2) is 31.0 Å². The lowest BCUT2D eigenvalue weighted by Crippen LogP contribution is -2.23. The van der Waals surface area contributed by atoms with Crippen LogP contribution in [-0.2, 0) is 6.18 Å². The Morgan fingerprint density at radius 3 is 2.59 bits per heavy atom. The second kappa shape index (κ2) is 5.72. The number of hydrogen-bond donors (Lipinski definition) is 2. The van der Waals surface area contributed by atoms with E-state index in [4.69, 9.17) is 0 Å². The lowest BCUT2D eigenvalue weighted by molar-refractivity contribution is -0.140. The highest BCUT2D eigenvalue weighted by Crippen LogP contribution is 2.52. The van der Waals surface area contributed by atoms with Gasteiger partial charge in [-0.05, 0) is 18.4 Å². The molecule has 2 N–H and O–H groups in total. The second-order valence-electron chi connectivity index (χ2n) is 6.20. The van der Waals surface area contributed by atoms with E-state index in [0.717, 1.165) is 10.7 Å². The molecule has 0 aliphatic heterocycles. The Hall–Kier alpha value is -3.05. The van der Waals surface area contributed by atoms with E-state index in [0.29, 0.717) is 6.20 Å². The number of rotatable bonds is 3. The number of alkyl halides is 5. The Labute approximate surface area is 145 Å². The van der Waals surface area contributed by atoms with Gasteiger partial charge >= 0.3 is 11.9 Å². The molecule has 0 amide bonds. The minimum atomic E-state index is -4.74. The van der Waals surface area contributed by atoms with E-state index in [2.05, 4.69) is 15.1 Å². The molecule has 0 spiro atoms. The maximum absolute atomic E-state index is 13.0. The molecule has 0 unspecified atom stereocenters. The maximum atomic E-state index is 13.0. The lowest BCUT2D eigenvalue weighted by Gasteiger charge is -2.07. The van der Waals surface area contributed by atoms with Crippen molar-refractivity contribution in [1.82, 2.24) is 24.6 Å². The molecule has 0 bridgehead atoms. The molecule has 1 fully saturated rings. The topological polar surface area (TPSA) is 95.9 Å². The van der Waals surface area contributed by atoms with Crippen LogP contribution in [0.5, 0.6) is 0 Å². The number of nitrogens with one attached hydrogen (secondary N) is 2. The molecule has 4 rings (SSSR count). The van der Waals surface area contributed by atoms with Crippen molar-refractivity contribution >= 4 is 5.65 Å². The molecule has 1 saturated carbocycles. The van der Waals surface area contributed by atoms with E-state index in [-0.39, 0.29) is 28.9 Å². The van der Waals surface area contributed by atoms with Crippen molar-refractivity contribution in [2.24, 2.45) is 5.92 Å². The van der Waals surface area contributed by atoms with Gasteiger partial charge in [0.05, 0.1) is 17.5 Å². The number of nitrogens with zero attached hydrogens (tertiary/aromatic N) is 3. The van der Waals surface area contributed by atoms with Crippen LogP contribution in [0.4, 0.5) is 22.0 Å². The highest BCUT2D eigenvalue weighted by molar-refractivity contribution is 5.63. The van der Waals surface area contributed by atoms with Crippen LogP contribution in [0.2, 0.25) is 0 Å². The van der Waals surface area contributed by atoms with Gasteiger partial charge in [0.25, 0.3) is 5.56 Å². The highest BCUT2D eigenvalue weighted by Gasteiger charge is 2.47. The Bertz CT molecular complexity index is 1150. The van der Waals surface area contributed by atoms with Crippen molar-refractivity contribution in [3.8, 4) is 11.3 Å². The minimum Gasteiger partial charge on any atom is -0.313 e. The van der Waals surface area contributed by atoms with Gasteiger partial charge in [-0.1, -0.05) is 0 Å². The van der Waals surface area contributed by atoms with Gasteiger partial charge in [-0.15, -0.1) is 0 Å². The van der Waals surface area contributed by atoms with Crippen molar-refractivity contribution in [3.05, 3.63) is 50.6 Å². The zero-order valence-corrected chi connectivity index (χ0v) is 13.2. The standard InChI is InChI=1S/C15H10F5N5O2/c16-11(17)6-1-5(6)7-2-9(8-3-21-14(27)23-13(8)26)24-25-4-10(15(18,19)20)22-12(7)25/h2-6,11H,1H2,(H2,21,23,26,27)/t5-,6-/m0/s1. The zero-order valence-electron chi connectivity index (χ0n) is 13.2. The first kappa shape index (κ1) is 17.4. The average molecular weight is 387 g/mol. The van der Waals surface area contributed by atoms with Gasteiger partial charge in [-0.2, -0.15) is 18.3 Å². The monoisotopic (exact) mass is 387 g/mol. The fourth-order valence-corrected chi connectivity index (χ4v) is 2.99. The number of imidazole rings is 1. The van der Waals surface area contributed by atoms with Crippen molar-refractivity contribution < 1.29 is 22.0 Å². The quantitative estimate of drug-likeness (QED) is 0.674. The van der Waals surface area contributed by atoms with Gasteiger partial charge in [0, 0.05) is 17.7 Å². The summed E-state index contributed by atoms with van der Waals surface area (Å²) < 4.78 is 65.7. The first-order valence-electron chi connectivity index (χ1n) is 7.73. The van der Waals surface area contributed by atoms with Crippen LogP contribution < -0.4 is 11.2 Å². The molecule has 1 aliphatic rings. The molecular weight excluding hydrogens is 377 g/mol. The summed E-state index contributed by atoms with van der Waals surface area (Å²) in [6.07, 6.45) is -5.60. The Morgan fingerprint density at radius 1 is 1.26 bits per heavy atom. The molecule has 27 heavy (non-hydrogen) atoms. The van der Waals surface area contributed by atoms with Crippen LogP contribution in [0.15, 0.2) is 28.0 Å². The molecule has 12 heteroatoms. The summed E-state index contributed by atoms with van der Waals surface area (Å²) in [6.45, 7) is 0. The fourth-order valence-electron chi connectivity index (χ4n) is 2.99. The molecule has 3 aromatic heterocycles.